The van der Waals surface area contributed by atoms with Crippen LogP contribution in [-0.4, -0.2) is 86.3 Å². The summed E-state index contributed by atoms with van der Waals surface area (Å²) in [5.41, 5.74) is 0.971. The van der Waals surface area contributed by atoms with Gasteiger partial charge in [0.25, 0.3) is 5.91 Å². The van der Waals surface area contributed by atoms with Crippen molar-refractivity contribution in [2.24, 2.45) is 0 Å². The summed E-state index contributed by atoms with van der Waals surface area (Å²) in [6.45, 7) is 7.21. The summed E-state index contributed by atoms with van der Waals surface area (Å²) in [5, 5.41) is 3.08. The molecule has 1 aliphatic heterocycles. The summed E-state index contributed by atoms with van der Waals surface area (Å²) in [7, 11) is 2.94. The lowest BCUT2D eigenvalue weighted by molar-refractivity contribution is -0.701. The van der Waals surface area contributed by atoms with Crippen LogP contribution in [0.3, 0.4) is 0 Å². The molecule has 0 radical (unpaired) electrons. The number of unbranched alkanes of at least 4 members (excludes halogenated alkanes) is 11. The maximum Gasteiger partial charge on any atom is 0.417 e. The molecule has 1 aromatic heterocycles. The number of amides is 4. The molecule has 13 nitrogen and oxygen atoms in total. The number of ether oxygens (including phenoxy) is 5. The normalized spacial score (nSPS) is 15.6. The molecule has 59 heavy (non-hydrogen) atoms. The van der Waals surface area contributed by atoms with E-state index in [9.17, 15) is 19.2 Å². The Balaban J connectivity index is 1.43. The largest absolute Gasteiger partial charge is 0.496 e. The number of aromatic nitrogens is 1. The quantitative estimate of drug-likeness (QED) is 0.0530. The van der Waals surface area contributed by atoms with Gasteiger partial charge in [0, 0.05) is 38.2 Å². The topological polar surface area (TPSA) is 137 Å². The number of nitrogens with zero attached hydrogens (tertiary/aromatic N) is 3. The van der Waals surface area contributed by atoms with Crippen molar-refractivity contribution < 1.29 is 47.4 Å². The van der Waals surface area contributed by atoms with Gasteiger partial charge in [-0.3, -0.25) is 9.69 Å². The van der Waals surface area contributed by atoms with E-state index in [1.54, 1.807) is 24.3 Å². The Kier molecular flexibility index (Phi) is 24.0. The predicted molar refractivity (Wildman–Crippen MR) is 227 cm³/mol. The molecule has 0 spiro atoms. The highest BCUT2D eigenvalue weighted by atomic mass is 16.6. The fourth-order valence-corrected chi connectivity index (χ4v) is 7.58. The van der Waals surface area contributed by atoms with Gasteiger partial charge in [0.1, 0.15) is 24.9 Å². The van der Waals surface area contributed by atoms with Crippen molar-refractivity contribution in [3.05, 3.63) is 59.9 Å². The zero-order valence-electron chi connectivity index (χ0n) is 36.6. The number of piperidine rings is 1. The number of likely N-dealkylation sites (tertiary alicyclic amines) is 1. The lowest BCUT2D eigenvalue weighted by atomic mass is 10.0. The molecule has 1 saturated heterocycles. The first-order valence-electron chi connectivity index (χ1n) is 22.3. The standard InChI is InChI=1S/C46H72N4O9/c1-6-9-10-11-12-13-14-15-16-17-18-19-27-37(26-7-2)47-44(52)59-41-31-24-33-49(43(41)56-5)45(53)57-34-25-35-58-46(54)50(36-38-28-22-23-32-48(38)8-3)42(51)39-29-20-21-30-40(39)55-4/h20-23,28-30,32,37,41,43H,6-19,24-27,31,33-36H2,1-5H3/p+1. The van der Waals surface area contributed by atoms with Crippen molar-refractivity contribution in [2.45, 2.75) is 168 Å². The maximum atomic E-state index is 13.7. The van der Waals surface area contributed by atoms with Crippen LogP contribution in [-0.2, 0) is 32.0 Å². The van der Waals surface area contributed by atoms with E-state index in [1.807, 2.05) is 35.9 Å². The number of aryl methyl sites for hydroxylation is 1. The van der Waals surface area contributed by atoms with Crippen LogP contribution >= 0.6 is 0 Å². The Bertz CT molecular complexity index is 1520. The van der Waals surface area contributed by atoms with Crippen LogP contribution in [0.1, 0.15) is 152 Å². The van der Waals surface area contributed by atoms with E-state index in [2.05, 4.69) is 19.2 Å². The number of para-hydroxylation sites is 1. The highest BCUT2D eigenvalue weighted by Gasteiger charge is 2.38. The van der Waals surface area contributed by atoms with Crippen molar-refractivity contribution >= 4 is 24.2 Å². The first kappa shape index (κ1) is 49.0. The number of hydrogen-bond acceptors (Lipinski definition) is 9. The van der Waals surface area contributed by atoms with E-state index in [0.717, 1.165) is 42.7 Å². The summed E-state index contributed by atoms with van der Waals surface area (Å²) in [4.78, 5) is 55.9. The number of carbonyl (C=O) groups excluding carboxylic acids is 4. The summed E-state index contributed by atoms with van der Waals surface area (Å²) >= 11 is 0. The number of benzene rings is 1. The van der Waals surface area contributed by atoms with Crippen LogP contribution in [0.2, 0.25) is 0 Å². The molecular weight excluding hydrogens is 753 g/mol. The zero-order chi connectivity index (χ0) is 42.7. The molecule has 1 aliphatic rings. The van der Waals surface area contributed by atoms with E-state index >= 15 is 0 Å². The van der Waals surface area contributed by atoms with Gasteiger partial charge in [0.05, 0.1) is 25.9 Å². The molecule has 3 rings (SSSR count). The van der Waals surface area contributed by atoms with Gasteiger partial charge in [-0.2, -0.15) is 0 Å². The second kappa shape index (κ2) is 28.9. The Morgan fingerprint density at radius 3 is 2.12 bits per heavy atom. The molecule has 1 aromatic carbocycles. The van der Waals surface area contributed by atoms with Crippen molar-refractivity contribution in [1.82, 2.24) is 15.1 Å². The van der Waals surface area contributed by atoms with Gasteiger partial charge in [0.2, 0.25) is 5.69 Å². The number of rotatable bonds is 27. The minimum atomic E-state index is -0.831. The van der Waals surface area contributed by atoms with E-state index < -0.39 is 36.5 Å². The monoisotopic (exact) mass is 826 g/mol. The molecule has 2 heterocycles. The first-order valence-corrected chi connectivity index (χ1v) is 22.3. The number of hydrogen-bond donors (Lipinski definition) is 1. The molecule has 3 unspecified atom stereocenters. The summed E-state index contributed by atoms with van der Waals surface area (Å²) in [5.74, 6) is -0.225. The number of nitrogens with one attached hydrogen (secondary N) is 1. The lowest BCUT2D eigenvalue weighted by Crippen LogP contribution is -2.54. The van der Waals surface area contributed by atoms with Crippen LogP contribution in [0.25, 0.3) is 0 Å². The molecule has 330 valence electrons. The van der Waals surface area contributed by atoms with Gasteiger partial charge < -0.3 is 29.0 Å². The average molecular weight is 826 g/mol. The van der Waals surface area contributed by atoms with E-state index in [4.69, 9.17) is 23.7 Å². The minimum Gasteiger partial charge on any atom is -0.496 e. The fourth-order valence-electron chi connectivity index (χ4n) is 7.58. The van der Waals surface area contributed by atoms with Crippen LogP contribution in [0, 0.1) is 0 Å². The molecule has 3 atom stereocenters. The van der Waals surface area contributed by atoms with E-state index in [0.29, 0.717) is 31.7 Å². The second-order valence-electron chi connectivity index (χ2n) is 15.4. The van der Waals surface area contributed by atoms with Gasteiger partial charge in [-0.05, 0) is 44.7 Å². The highest BCUT2D eigenvalue weighted by molar-refractivity contribution is 6.04. The third kappa shape index (κ3) is 17.4. The molecule has 1 fully saturated rings. The fraction of sp³-hybridized carbons (Fsp3) is 0.674. The van der Waals surface area contributed by atoms with Crippen LogP contribution in [0.4, 0.5) is 14.4 Å². The summed E-state index contributed by atoms with van der Waals surface area (Å²) < 4.78 is 29.9. The number of carbonyl (C=O) groups is 4. The van der Waals surface area contributed by atoms with Crippen molar-refractivity contribution in [3.63, 3.8) is 0 Å². The van der Waals surface area contributed by atoms with Gasteiger partial charge in [0.15, 0.2) is 12.4 Å². The average Bonchev–Trinajstić information content (AvgIpc) is 3.25. The lowest BCUT2D eigenvalue weighted by Gasteiger charge is -2.38. The third-order valence-corrected chi connectivity index (χ3v) is 10.9. The van der Waals surface area contributed by atoms with Gasteiger partial charge in [-0.25, -0.2) is 23.9 Å². The number of alkyl carbamates (subject to hydrolysis) is 1. The van der Waals surface area contributed by atoms with Crippen LogP contribution in [0.15, 0.2) is 48.7 Å². The van der Waals surface area contributed by atoms with Crippen molar-refractivity contribution in [1.29, 1.82) is 0 Å². The Morgan fingerprint density at radius 2 is 1.46 bits per heavy atom. The molecule has 0 aliphatic carbocycles. The molecule has 0 saturated carbocycles. The summed E-state index contributed by atoms with van der Waals surface area (Å²) in [6, 6.07) is 12.3. The highest BCUT2D eigenvalue weighted by Crippen LogP contribution is 2.24. The molecular formula is C46H73N4O9+. The van der Waals surface area contributed by atoms with Gasteiger partial charge in [-0.1, -0.05) is 116 Å². The van der Waals surface area contributed by atoms with E-state index in [-0.39, 0.29) is 37.8 Å². The van der Waals surface area contributed by atoms with Crippen LogP contribution in [0.5, 0.6) is 5.75 Å². The van der Waals surface area contributed by atoms with Crippen molar-refractivity contribution in [2.75, 3.05) is 34.0 Å². The minimum absolute atomic E-state index is 0.0211. The Labute approximate surface area is 353 Å². The molecule has 1 N–H and O–H groups in total. The Morgan fingerprint density at radius 1 is 0.797 bits per heavy atom. The third-order valence-electron chi connectivity index (χ3n) is 10.9. The maximum absolute atomic E-state index is 13.7. The molecule has 13 heteroatoms. The zero-order valence-corrected chi connectivity index (χ0v) is 36.6. The van der Waals surface area contributed by atoms with Crippen LogP contribution < -0.4 is 14.6 Å². The first-order chi connectivity index (χ1) is 28.8. The summed E-state index contributed by atoms with van der Waals surface area (Å²) in [6.07, 6.45) is 18.1. The smallest absolute Gasteiger partial charge is 0.417 e. The van der Waals surface area contributed by atoms with Gasteiger partial charge >= 0.3 is 18.3 Å². The Hall–Kier alpha value is -4.39. The molecule has 0 bridgehead atoms. The SMILES string of the molecule is CCCCCCCCCCCCCCC(CCC)NC(=O)OC1CCCN(C(=O)OCCCOC(=O)N(Cc2cccc[n+]2CC)C(=O)c2ccccc2OC)C1OC. The number of methoxy groups -OCH3 is 2. The predicted octanol–water partition coefficient (Wildman–Crippen LogP) is 9.73. The molecule has 2 aromatic rings. The molecule has 4 amide bonds. The second-order valence-corrected chi connectivity index (χ2v) is 15.4. The van der Waals surface area contributed by atoms with Crippen molar-refractivity contribution in [3.8, 4) is 5.75 Å². The van der Waals surface area contributed by atoms with Gasteiger partial charge in [-0.15, -0.1) is 0 Å². The number of imide groups is 1. The number of pyridine rings is 1. The van der Waals surface area contributed by atoms with E-state index in [1.165, 1.54) is 83.3 Å².